The number of rotatable bonds is 1. The molecular weight excluding hydrogens is 395 g/mol. The smallest absolute Gasteiger partial charge is 0.399 e. The van der Waals surface area contributed by atoms with Crippen LogP contribution >= 0.6 is 0 Å². The zero-order valence-electron chi connectivity index (χ0n) is 23.6. The molecule has 168 valence electrons. The average molecular weight is 434 g/mol. The highest BCUT2D eigenvalue weighted by Crippen LogP contribution is 2.60. The fourth-order valence-electron chi connectivity index (χ4n) is 5.73. The van der Waals surface area contributed by atoms with E-state index in [9.17, 15) is 5.48 Å². The second-order valence-corrected chi connectivity index (χ2v) is 11.0. The molecular formula is C28H35BO3. The molecule has 1 saturated carbocycles. The average Bonchev–Trinajstić information content (AvgIpc) is 3.20. The Hall–Kier alpha value is -1.62. The highest BCUT2D eigenvalue weighted by Gasteiger charge is 2.53. The van der Waals surface area contributed by atoms with Gasteiger partial charge in [-0.1, -0.05) is 42.5 Å². The minimum Gasteiger partial charge on any atom is -0.399 e. The van der Waals surface area contributed by atoms with Crippen LogP contribution < -0.4 is 5.46 Å². The van der Waals surface area contributed by atoms with Crippen molar-refractivity contribution in [1.82, 2.24) is 0 Å². The van der Waals surface area contributed by atoms with Gasteiger partial charge in [0, 0.05) is 24.1 Å². The Bertz CT molecular complexity index is 1180. The van der Waals surface area contributed by atoms with Crippen LogP contribution in [0.3, 0.4) is 0 Å². The summed E-state index contributed by atoms with van der Waals surface area (Å²) >= 11 is 0. The second kappa shape index (κ2) is 6.95. The molecule has 4 heteroatoms. The van der Waals surface area contributed by atoms with Crippen LogP contribution in [0.1, 0.15) is 82.7 Å². The summed E-state index contributed by atoms with van der Waals surface area (Å²) in [6.45, 7) is 9.20. The summed E-state index contributed by atoms with van der Waals surface area (Å²) in [5, 5.41) is 0. The second-order valence-electron chi connectivity index (χ2n) is 11.0. The monoisotopic (exact) mass is 434 g/mol. The molecule has 0 bridgehead atoms. The van der Waals surface area contributed by atoms with Crippen molar-refractivity contribution in [1.29, 1.82) is 0 Å². The van der Waals surface area contributed by atoms with Crippen molar-refractivity contribution in [2.45, 2.75) is 82.7 Å². The summed E-state index contributed by atoms with van der Waals surface area (Å²) in [6.07, 6.45) is -1.58. The topological polar surface area (TPSA) is 27.7 Å². The summed E-state index contributed by atoms with van der Waals surface area (Å²) in [6, 6.07) is 13.8. The first-order chi connectivity index (χ1) is 16.8. The van der Waals surface area contributed by atoms with Gasteiger partial charge in [0.2, 0.25) is 0 Å². The minimum atomic E-state index is -1.80. The molecule has 6 rings (SSSR count). The van der Waals surface area contributed by atoms with Crippen molar-refractivity contribution in [3.8, 4) is 11.1 Å². The lowest BCUT2D eigenvalue weighted by atomic mass is 9.58. The molecule has 0 unspecified atom stereocenters. The Balaban J connectivity index is 1.54. The minimum absolute atomic E-state index is 0.317. The molecule has 0 N–H and O–H groups in total. The third kappa shape index (κ3) is 2.92. The van der Waals surface area contributed by atoms with Gasteiger partial charge in [-0.2, -0.15) is 0 Å². The number of benzene rings is 2. The Morgan fingerprint density at radius 2 is 1.41 bits per heavy atom. The van der Waals surface area contributed by atoms with Crippen LogP contribution in [0.2, 0.25) is 0 Å². The van der Waals surface area contributed by atoms with E-state index in [1.807, 2.05) is 70.2 Å². The van der Waals surface area contributed by atoms with E-state index in [0.29, 0.717) is 44.5 Å². The molecule has 32 heavy (non-hydrogen) atoms. The quantitative estimate of drug-likeness (QED) is 0.545. The molecule has 0 aromatic heterocycles. The predicted octanol–water partition coefficient (Wildman–Crippen LogP) is 5.62. The number of ether oxygens (including phenoxy) is 1. The van der Waals surface area contributed by atoms with Gasteiger partial charge in [-0.05, 0) is 99.3 Å². The molecule has 0 radical (unpaired) electrons. The highest BCUT2D eigenvalue weighted by molar-refractivity contribution is 6.62. The highest BCUT2D eigenvalue weighted by atomic mass is 16.7. The molecule has 3 fully saturated rings. The summed E-state index contributed by atoms with van der Waals surface area (Å²) in [7, 11) is -0.594. The molecule has 2 aromatic carbocycles. The van der Waals surface area contributed by atoms with Crippen LogP contribution in [-0.4, -0.2) is 31.5 Å². The van der Waals surface area contributed by atoms with Crippen LogP contribution in [-0.2, 0) is 19.5 Å². The third-order valence-electron chi connectivity index (χ3n) is 8.60. The lowest BCUT2D eigenvalue weighted by Gasteiger charge is -2.48. The number of hydrogen-bond donors (Lipinski definition) is 0. The van der Waals surface area contributed by atoms with Crippen LogP contribution in [0, 0.1) is 5.41 Å². The molecule has 2 heterocycles. The lowest BCUT2D eigenvalue weighted by molar-refractivity contribution is -0.0134. The maximum Gasteiger partial charge on any atom is 0.494 e. The molecule has 2 aliphatic heterocycles. The summed E-state index contributed by atoms with van der Waals surface area (Å²) in [5.74, 6) is 0. The van der Waals surface area contributed by atoms with Crippen molar-refractivity contribution in [3.63, 3.8) is 0 Å². The van der Waals surface area contributed by atoms with Gasteiger partial charge in [-0.3, -0.25) is 0 Å². The Labute approximate surface area is 198 Å². The summed E-state index contributed by atoms with van der Waals surface area (Å²) in [5.41, 5.74) is 1.28. The van der Waals surface area contributed by atoms with E-state index in [0.717, 1.165) is 22.2 Å². The van der Waals surface area contributed by atoms with E-state index in [1.54, 1.807) is 0 Å². The Morgan fingerprint density at radius 3 is 2.09 bits per heavy atom. The van der Waals surface area contributed by atoms with Gasteiger partial charge < -0.3 is 14.0 Å². The first-order valence-electron chi connectivity index (χ1n) is 13.9. The van der Waals surface area contributed by atoms with Gasteiger partial charge in [0.15, 0.2) is 0 Å². The molecule has 3 nitrogen and oxygen atoms in total. The normalized spacial score (nSPS) is 31.3. The van der Waals surface area contributed by atoms with Crippen LogP contribution in [0.4, 0.5) is 0 Å². The molecule has 0 amide bonds. The van der Waals surface area contributed by atoms with Crippen LogP contribution in [0.25, 0.3) is 11.1 Å². The van der Waals surface area contributed by atoms with Gasteiger partial charge in [0.05, 0.1) is 11.2 Å². The van der Waals surface area contributed by atoms with Gasteiger partial charge in [-0.25, -0.2) is 0 Å². The zero-order chi connectivity index (χ0) is 25.8. The lowest BCUT2D eigenvalue weighted by Crippen LogP contribution is -2.41. The fraction of sp³-hybridized carbons (Fsp3) is 0.571. The van der Waals surface area contributed by atoms with Crippen molar-refractivity contribution in [3.05, 3.63) is 53.6 Å². The van der Waals surface area contributed by atoms with Crippen molar-refractivity contribution < 1.29 is 19.5 Å². The number of hydrogen-bond acceptors (Lipinski definition) is 3. The van der Waals surface area contributed by atoms with Crippen molar-refractivity contribution in [2.75, 3.05) is 13.2 Å². The maximum atomic E-state index is 9.58. The maximum absolute atomic E-state index is 9.58. The zero-order valence-corrected chi connectivity index (χ0v) is 19.6. The van der Waals surface area contributed by atoms with E-state index in [-0.39, 0.29) is 0 Å². The first kappa shape index (κ1) is 16.9. The predicted molar refractivity (Wildman–Crippen MR) is 129 cm³/mol. The molecule has 2 spiro atoms. The fourth-order valence-corrected chi connectivity index (χ4v) is 5.73. The van der Waals surface area contributed by atoms with E-state index < -0.39 is 41.9 Å². The van der Waals surface area contributed by atoms with E-state index in [1.165, 1.54) is 0 Å². The van der Waals surface area contributed by atoms with Gasteiger partial charge in [0.25, 0.3) is 0 Å². The van der Waals surface area contributed by atoms with E-state index in [2.05, 4.69) is 0 Å². The molecule has 2 aliphatic carbocycles. The molecule has 0 atom stereocenters. The van der Waals surface area contributed by atoms with Gasteiger partial charge in [-0.15, -0.1) is 0 Å². The van der Waals surface area contributed by atoms with Gasteiger partial charge >= 0.3 is 7.12 Å². The Morgan fingerprint density at radius 1 is 0.781 bits per heavy atom. The van der Waals surface area contributed by atoms with E-state index in [4.69, 9.17) is 14.0 Å². The molecule has 2 saturated heterocycles. The summed E-state index contributed by atoms with van der Waals surface area (Å²) in [4.78, 5) is 0. The standard InChI is InChI=1S/C28H35BO3/c1-25(2)26(3,4)32-29(31-25)20-9-10-22-21-7-5-6-8-23(21)28(24(22)19-20)13-11-27(12-14-28)15-17-30-18-16-27/h5-10,19H,11-18H2,1-4H3/i13D2,14D2. The first-order valence-corrected chi connectivity index (χ1v) is 11.9. The van der Waals surface area contributed by atoms with E-state index >= 15 is 0 Å². The van der Waals surface area contributed by atoms with Crippen molar-refractivity contribution >= 4 is 12.6 Å². The summed E-state index contributed by atoms with van der Waals surface area (Å²) < 4.78 is 56.6. The van der Waals surface area contributed by atoms with Gasteiger partial charge in [0.1, 0.15) is 0 Å². The Kier molecular flexibility index (Phi) is 3.67. The number of fused-ring (bicyclic) bond motifs is 5. The third-order valence-corrected chi connectivity index (χ3v) is 8.60. The molecule has 4 aliphatic rings. The van der Waals surface area contributed by atoms with Crippen molar-refractivity contribution in [2.24, 2.45) is 5.41 Å². The van der Waals surface area contributed by atoms with Crippen LogP contribution in [0.5, 0.6) is 0 Å². The van der Waals surface area contributed by atoms with Crippen LogP contribution in [0.15, 0.2) is 42.5 Å². The molecule has 2 aromatic rings. The SMILES string of the molecule is [2H]C1([2H])CC2(CCOCC2)CC([2H])([2H])C12c1ccccc1-c1ccc(B3OC(C)(C)C(C)(C)O3)cc12. The largest absolute Gasteiger partial charge is 0.494 e.